The van der Waals surface area contributed by atoms with Crippen LogP contribution in [0, 0.1) is 0 Å². The van der Waals surface area contributed by atoms with Crippen LogP contribution < -0.4 is 9.47 Å². The van der Waals surface area contributed by atoms with Crippen molar-refractivity contribution in [2.75, 3.05) is 20.8 Å². The number of amides is 1. The summed E-state index contributed by atoms with van der Waals surface area (Å²) < 4.78 is 16.5. The summed E-state index contributed by atoms with van der Waals surface area (Å²) in [6.45, 7) is 8.32. The number of rotatable bonds is 4. The average molecular weight is 335 g/mol. The second-order valence-corrected chi connectivity index (χ2v) is 7.10. The monoisotopic (exact) mass is 335 g/mol. The van der Waals surface area contributed by atoms with E-state index in [0.717, 1.165) is 30.8 Å². The highest BCUT2D eigenvalue weighted by Gasteiger charge is 2.31. The maximum absolute atomic E-state index is 12.5. The summed E-state index contributed by atoms with van der Waals surface area (Å²) in [6.07, 6.45) is 2.32. The molecule has 0 unspecified atom stereocenters. The quantitative estimate of drug-likeness (QED) is 0.839. The number of hydrogen-bond acceptors (Lipinski definition) is 4. The van der Waals surface area contributed by atoms with Gasteiger partial charge in [0.1, 0.15) is 5.60 Å². The van der Waals surface area contributed by atoms with Crippen LogP contribution in [0.1, 0.15) is 45.2 Å². The van der Waals surface area contributed by atoms with Crippen LogP contribution >= 0.6 is 0 Å². The van der Waals surface area contributed by atoms with Gasteiger partial charge in [-0.25, -0.2) is 4.79 Å². The van der Waals surface area contributed by atoms with Gasteiger partial charge in [-0.2, -0.15) is 0 Å². The number of benzene rings is 1. The van der Waals surface area contributed by atoms with Crippen molar-refractivity contribution in [1.29, 1.82) is 0 Å². The Morgan fingerprint density at radius 2 is 1.96 bits per heavy atom. The maximum Gasteiger partial charge on any atom is 0.410 e. The molecule has 0 heterocycles. The highest BCUT2D eigenvalue weighted by atomic mass is 16.6. The summed E-state index contributed by atoms with van der Waals surface area (Å²) in [4.78, 5) is 14.3. The molecule has 0 N–H and O–H groups in total. The smallest absolute Gasteiger partial charge is 0.410 e. The van der Waals surface area contributed by atoms with Crippen molar-refractivity contribution in [3.05, 3.63) is 23.3 Å². The third kappa shape index (κ3) is 3.94. The van der Waals surface area contributed by atoms with Gasteiger partial charge < -0.3 is 19.1 Å². The Morgan fingerprint density at radius 3 is 2.50 bits per heavy atom. The zero-order valence-electron chi connectivity index (χ0n) is 15.6. The molecule has 1 aliphatic carbocycles. The van der Waals surface area contributed by atoms with Gasteiger partial charge in [-0.3, -0.25) is 0 Å². The highest BCUT2D eigenvalue weighted by Crippen LogP contribution is 2.38. The van der Waals surface area contributed by atoms with Crippen LogP contribution in [0.2, 0.25) is 0 Å². The number of carbonyl (C=O) groups is 1. The van der Waals surface area contributed by atoms with Gasteiger partial charge in [-0.05, 0) is 58.6 Å². The lowest BCUT2D eigenvalue weighted by Crippen LogP contribution is -2.45. The van der Waals surface area contributed by atoms with Gasteiger partial charge in [0.15, 0.2) is 11.5 Å². The van der Waals surface area contributed by atoms with E-state index < -0.39 is 5.60 Å². The van der Waals surface area contributed by atoms with E-state index in [9.17, 15) is 4.79 Å². The zero-order chi connectivity index (χ0) is 17.9. The molecule has 1 atom stereocenters. The predicted octanol–water partition coefficient (Wildman–Crippen LogP) is 3.82. The van der Waals surface area contributed by atoms with Crippen LogP contribution in [0.25, 0.3) is 0 Å². The Kier molecular flexibility index (Phi) is 5.62. The molecule has 0 fully saturated rings. The molecule has 0 aliphatic heterocycles. The Labute approximate surface area is 144 Å². The van der Waals surface area contributed by atoms with E-state index >= 15 is 0 Å². The molecule has 1 aliphatic rings. The Hall–Kier alpha value is -1.91. The minimum absolute atomic E-state index is 0.149. The number of methoxy groups -OCH3 is 2. The molecular formula is C19H29NO4. The fraction of sp³-hybridized carbons (Fsp3) is 0.632. The largest absolute Gasteiger partial charge is 0.493 e. The SMILES string of the molecule is CCN(C(=O)OC(C)(C)C)[C@H]1CCc2c(ccc(OC)c2OC)C1. The summed E-state index contributed by atoms with van der Waals surface area (Å²) in [5.74, 6) is 1.57. The Balaban J connectivity index is 2.21. The molecule has 0 saturated heterocycles. The minimum atomic E-state index is -0.479. The van der Waals surface area contributed by atoms with Crippen molar-refractivity contribution in [3.8, 4) is 11.5 Å². The molecule has 1 aromatic rings. The van der Waals surface area contributed by atoms with Crippen molar-refractivity contribution in [2.45, 2.75) is 58.6 Å². The van der Waals surface area contributed by atoms with Gasteiger partial charge >= 0.3 is 6.09 Å². The van der Waals surface area contributed by atoms with Crippen LogP contribution in [-0.4, -0.2) is 43.4 Å². The van der Waals surface area contributed by atoms with Crippen LogP contribution in [0.3, 0.4) is 0 Å². The zero-order valence-corrected chi connectivity index (χ0v) is 15.6. The fourth-order valence-corrected chi connectivity index (χ4v) is 3.29. The number of likely N-dealkylation sites (N-methyl/N-ethyl adjacent to an activating group) is 1. The van der Waals surface area contributed by atoms with Crippen LogP contribution in [0.15, 0.2) is 12.1 Å². The van der Waals surface area contributed by atoms with E-state index in [4.69, 9.17) is 14.2 Å². The van der Waals surface area contributed by atoms with Gasteiger partial charge in [-0.15, -0.1) is 0 Å². The van der Waals surface area contributed by atoms with Gasteiger partial charge in [0.25, 0.3) is 0 Å². The van der Waals surface area contributed by atoms with E-state index in [2.05, 4.69) is 6.07 Å². The summed E-state index contributed by atoms with van der Waals surface area (Å²) in [7, 11) is 3.32. The standard InChI is InChI=1S/C19H29NO4/c1-7-20(18(21)24-19(2,3)4)14-9-10-15-13(12-14)8-11-16(22-5)17(15)23-6/h8,11,14H,7,9-10,12H2,1-6H3/t14-/m0/s1. The molecule has 0 radical (unpaired) electrons. The first-order valence-electron chi connectivity index (χ1n) is 8.53. The molecule has 24 heavy (non-hydrogen) atoms. The predicted molar refractivity (Wildman–Crippen MR) is 94.0 cm³/mol. The number of nitrogens with zero attached hydrogens (tertiary/aromatic N) is 1. The topological polar surface area (TPSA) is 48.0 Å². The van der Waals surface area contributed by atoms with Gasteiger partial charge in [0, 0.05) is 18.2 Å². The minimum Gasteiger partial charge on any atom is -0.493 e. The van der Waals surface area contributed by atoms with Crippen LogP contribution in [-0.2, 0) is 17.6 Å². The molecule has 1 aromatic carbocycles. The summed E-state index contributed by atoms with van der Waals surface area (Å²) in [6, 6.07) is 4.16. The first kappa shape index (κ1) is 18.4. The van der Waals surface area contributed by atoms with Gasteiger partial charge in [0.05, 0.1) is 14.2 Å². The molecule has 5 heteroatoms. The first-order valence-corrected chi connectivity index (χ1v) is 8.53. The van der Waals surface area contributed by atoms with E-state index in [1.807, 2.05) is 38.7 Å². The highest BCUT2D eigenvalue weighted by molar-refractivity contribution is 5.68. The van der Waals surface area contributed by atoms with Gasteiger partial charge in [-0.1, -0.05) is 6.07 Å². The molecule has 5 nitrogen and oxygen atoms in total. The lowest BCUT2D eigenvalue weighted by molar-refractivity contribution is 0.0159. The number of hydrogen-bond donors (Lipinski definition) is 0. The normalized spacial score (nSPS) is 17.0. The van der Waals surface area contributed by atoms with Crippen molar-refractivity contribution in [1.82, 2.24) is 4.90 Å². The third-order valence-corrected chi connectivity index (χ3v) is 4.34. The third-order valence-electron chi connectivity index (χ3n) is 4.34. The van der Waals surface area contributed by atoms with Crippen LogP contribution in [0.5, 0.6) is 11.5 Å². The Bertz CT molecular complexity index is 592. The molecule has 1 amide bonds. The van der Waals surface area contributed by atoms with Crippen molar-refractivity contribution in [3.63, 3.8) is 0 Å². The van der Waals surface area contributed by atoms with E-state index in [1.165, 1.54) is 11.1 Å². The fourth-order valence-electron chi connectivity index (χ4n) is 3.29. The lowest BCUT2D eigenvalue weighted by atomic mass is 9.86. The van der Waals surface area contributed by atoms with E-state index in [-0.39, 0.29) is 12.1 Å². The molecule has 0 bridgehead atoms. The molecule has 0 spiro atoms. The number of fused-ring (bicyclic) bond motifs is 1. The number of carbonyl (C=O) groups excluding carboxylic acids is 1. The molecule has 0 aromatic heterocycles. The number of ether oxygens (including phenoxy) is 3. The van der Waals surface area contributed by atoms with Crippen molar-refractivity contribution < 1.29 is 19.0 Å². The van der Waals surface area contributed by atoms with E-state index in [1.54, 1.807) is 14.2 Å². The summed E-state index contributed by atoms with van der Waals surface area (Å²) in [5.41, 5.74) is 1.92. The van der Waals surface area contributed by atoms with Gasteiger partial charge in [0.2, 0.25) is 0 Å². The van der Waals surface area contributed by atoms with Crippen LogP contribution in [0.4, 0.5) is 4.79 Å². The Morgan fingerprint density at radius 1 is 1.25 bits per heavy atom. The summed E-state index contributed by atoms with van der Waals surface area (Å²) in [5, 5.41) is 0. The lowest BCUT2D eigenvalue weighted by Gasteiger charge is -2.36. The second-order valence-electron chi connectivity index (χ2n) is 7.10. The van der Waals surface area contributed by atoms with Crippen molar-refractivity contribution >= 4 is 6.09 Å². The van der Waals surface area contributed by atoms with E-state index in [0.29, 0.717) is 6.54 Å². The summed E-state index contributed by atoms with van der Waals surface area (Å²) >= 11 is 0. The molecule has 2 rings (SSSR count). The first-order chi connectivity index (χ1) is 11.3. The molecule has 0 saturated carbocycles. The average Bonchev–Trinajstić information content (AvgIpc) is 2.52. The second kappa shape index (κ2) is 7.32. The maximum atomic E-state index is 12.5. The van der Waals surface area contributed by atoms with Crippen molar-refractivity contribution in [2.24, 2.45) is 0 Å². The molecular weight excluding hydrogens is 306 g/mol. The molecule has 134 valence electrons.